The zero-order valence-electron chi connectivity index (χ0n) is 11.1. The molecule has 0 saturated carbocycles. The van der Waals surface area contributed by atoms with Crippen molar-refractivity contribution in [1.82, 2.24) is 9.62 Å². The predicted octanol–water partition coefficient (Wildman–Crippen LogP) is -0.455. The quantitative estimate of drug-likeness (QED) is 0.729. The van der Waals surface area contributed by atoms with Crippen molar-refractivity contribution in [1.29, 1.82) is 0 Å². The molecule has 0 aliphatic carbocycles. The first kappa shape index (κ1) is 15.4. The summed E-state index contributed by atoms with van der Waals surface area (Å²) in [5.74, 6) is -0.281. The van der Waals surface area contributed by atoms with Crippen LogP contribution in [-0.4, -0.2) is 55.2 Å². The van der Waals surface area contributed by atoms with Gasteiger partial charge in [-0.05, 0) is 26.7 Å². The molecule has 1 fully saturated rings. The number of hydrogen-bond donors (Lipinski definition) is 2. The van der Waals surface area contributed by atoms with Gasteiger partial charge in [0.15, 0.2) is 0 Å². The summed E-state index contributed by atoms with van der Waals surface area (Å²) in [4.78, 5) is 11.9. The van der Waals surface area contributed by atoms with E-state index in [1.54, 1.807) is 13.8 Å². The smallest absolute Gasteiger partial charge is 0.223 e. The first-order valence-electron chi connectivity index (χ1n) is 6.04. The summed E-state index contributed by atoms with van der Waals surface area (Å²) in [6.45, 7) is 4.14. The average Bonchev–Trinajstić information content (AvgIpc) is 2.27. The normalized spacial score (nSPS) is 19.8. The van der Waals surface area contributed by atoms with E-state index in [2.05, 4.69) is 5.32 Å². The number of nitrogens with zero attached hydrogens (tertiary/aromatic N) is 1. The van der Waals surface area contributed by atoms with Crippen LogP contribution in [0.2, 0.25) is 0 Å². The molecule has 1 heterocycles. The molecule has 0 spiro atoms. The van der Waals surface area contributed by atoms with E-state index in [4.69, 9.17) is 5.11 Å². The van der Waals surface area contributed by atoms with Gasteiger partial charge in [0.2, 0.25) is 15.9 Å². The first-order valence-corrected chi connectivity index (χ1v) is 7.88. The lowest BCUT2D eigenvalue weighted by Gasteiger charge is -2.32. The zero-order valence-corrected chi connectivity index (χ0v) is 12.0. The van der Waals surface area contributed by atoms with Gasteiger partial charge in [-0.2, -0.15) is 0 Å². The molecule has 0 aromatic heterocycles. The van der Waals surface area contributed by atoms with Gasteiger partial charge in [-0.3, -0.25) is 4.79 Å². The molecule has 0 unspecified atom stereocenters. The third-order valence-corrected chi connectivity index (χ3v) is 4.45. The number of carbonyl (C=O) groups excluding carboxylic acids is 1. The average molecular weight is 278 g/mol. The third-order valence-electron chi connectivity index (χ3n) is 3.15. The Morgan fingerprint density at radius 1 is 1.39 bits per heavy atom. The van der Waals surface area contributed by atoms with Crippen molar-refractivity contribution < 1.29 is 18.3 Å². The lowest BCUT2D eigenvalue weighted by molar-refractivity contribution is -0.128. The Bertz CT molecular complexity index is 397. The van der Waals surface area contributed by atoms with Crippen LogP contribution in [0.4, 0.5) is 0 Å². The monoisotopic (exact) mass is 278 g/mol. The summed E-state index contributed by atoms with van der Waals surface area (Å²) in [5, 5.41) is 11.9. The van der Waals surface area contributed by atoms with Crippen molar-refractivity contribution in [3.63, 3.8) is 0 Å². The van der Waals surface area contributed by atoms with Crippen molar-refractivity contribution in [2.45, 2.75) is 32.2 Å². The SMILES string of the molecule is CC(C)(CO)NC(=O)C1CCN(S(C)(=O)=O)CC1. The summed E-state index contributed by atoms with van der Waals surface area (Å²) in [7, 11) is -3.15. The molecule has 1 saturated heterocycles. The Hall–Kier alpha value is -0.660. The van der Waals surface area contributed by atoms with Gasteiger partial charge >= 0.3 is 0 Å². The molecule has 0 atom stereocenters. The molecule has 0 aromatic rings. The minimum atomic E-state index is -3.15. The fraction of sp³-hybridized carbons (Fsp3) is 0.909. The molecule has 106 valence electrons. The largest absolute Gasteiger partial charge is 0.394 e. The van der Waals surface area contributed by atoms with E-state index in [1.165, 1.54) is 10.6 Å². The van der Waals surface area contributed by atoms with Crippen LogP contribution < -0.4 is 5.32 Å². The van der Waals surface area contributed by atoms with Crippen LogP contribution in [-0.2, 0) is 14.8 Å². The molecule has 1 aliphatic heterocycles. The van der Waals surface area contributed by atoms with Crippen LogP contribution in [0.3, 0.4) is 0 Å². The standard InChI is InChI=1S/C11H22N2O4S/c1-11(2,8-14)12-10(15)9-4-6-13(7-5-9)18(3,16)17/h9,14H,4-8H2,1-3H3,(H,12,15). The van der Waals surface area contributed by atoms with Gasteiger partial charge in [0.05, 0.1) is 18.4 Å². The second-order valence-electron chi connectivity index (χ2n) is 5.47. The topological polar surface area (TPSA) is 86.7 Å². The van der Waals surface area contributed by atoms with Gasteiger partial charge in [0.25, 0.3) is 0 Å². The van der Waals surface area contributed by atoms with Crippen LogP contribution in [0, 0.1) is 5.92 Å². The summed E-state index contributed by atoms with van der Waals surface area (Å²) in [5.41, 5.74) is -0.634. The number of hydrogen-bond acceptors (Lipinski definition) is 4. The lowest BCUT2D eigenvalue weighted by Crippen LogP contribution is -2.50. The fourth-order valence-corrected chi connectivity index (χ4v) is 2.80. The van der Waals surface area contributed by atoms with Gasteiger partial charge < -0.3 is 10.4 Å². The van der Waals surface area contributed by atoms with Gasteiger partial charge in [0.1, 0.15) is 0 Å². The van der Waals surface area contributed by atoms with Gasteiger partial charge in [-0.15, -0.1) is 0 Å². The number of aliphatic hydroxyl groups excluding tert-OH is 1. The number of rotatable bonds is 4. The highest BCUT2D eigenvalue weighted by molar-refractivity contribution is 7.88. The number of amides is 1. The number of carbonyl (C=O) groups is 1. The van der Waals surface area contributed by atoms with Crippen molar-refractivity contribution in [2.24, 2.45) is 5.92 Å². The summed E-state index contributed by atoms with van der Waals surface area (Å²) in [6.07, 6.45) is 2.24. The molecule has 6 nitrogen and oxygen atoms in total. The minimum absolute atomic E-state index is 0.109. The number of aliphatic hydroxyl groups is 1. The molecule has 0 bridgehead atoms. The molecule has 1 rings (SSSR count). The maximum Gasteiger partial charge on any atom is 0.223 e. The van der Waals surface area contributed by atoms with Crippen LogP contribution in [0.25, 0.3) is 0 Å². The Kier molecular flexibility index (Phi) is 4.74. The molecule has 0 radical (unpaired) electrons. The van der Waals surface area contributed by atoms with E-state index >= 15 is 0 Å². The Morgan fingerprint density at radius 3 is 2.28 bits per heavy atom. The first-order chi connectivity index (χ1) is 8.15. The molecule has 18 heavy (non-hydrogen) atoms. The van der Waals surface area contributed by atoms with E-state index in [9.17, 15) is 13.2 Å². The van der Waals surface area contributed by atoms with E-state index in [-0.39, 0.29) is 18.4 Å². The Balaban J connectivity index is 2.51. The zero-order chi connectivity index (χ0) is 14.0. The lowest BCUT2D eigenvalue weighted by atomic mass is 9.95. The summed E-state index contributed by atoms with van der Waals surface area (Å²) in [6, 6.07) is 0. The number of nitrogens with one attached hydrogen (secondary N) is 1. The fourth-order valence-electron chi connectivity index (χ4n) is 1.92. The van der Waals surface area contributed by atoms with Crippen LogP contribution >= 0.6 is 0 Å². The highest BCUT2D eigenvalue weighted by atomic mass is 32.2. The molecule has 1 amide bonds. The van der Waals surface area contributed by atoms with E-state index in [1.807, 2.05) is 0 Å². The van der Waals surface area contributed by atoms with Crippen LogP contribution in [0.1, 0.15) is 26.7 Å². The molecule has 7 heteroatoms. The van der Waals surface area contributed by atoms with E-state index < -0.39 is 15.6 Å². The van der Waals surface area contributed by atoms with Gasteiger partial charge in [0, 0.05) is 19.0 Å². The Labute approximate surface area is 108 Å². The van der Waals surface area contributed by atoms with Crippen LogP contribution in [0.15, 0.2) is 0 Å². The highest BCUT2D eigenvalue weighted by Gasteiger charge is 2.31. The van der Waals surface area contributed by atoms with Gasteiger partial charge in [-0.25, -0.2) is 12.7 Å². The molecular weight excluding hydrogens is 256 g/mol. The van der Waals surface area contributed by atoms with Crippen molar-refractivity contribution in [2.75, 3.05) is 26.0 Å². The molecular formula is C11H22N2O4S. The molecule has 2 N–H and O–H groups in total. The van der Waals surface area contributed by atoms with Crippen LogP contribution in [0.5, 0.6) is 0 Å². The third kappa shape index (κ3) is 4.22. The Morgan fingerprint density at radius 2 is 1.89 bits per heavy atom. The minimum Gasteiger partial charge on any atom is -0.394 e. The molecule has 1 aliphatic rings. The molecule has 0 aromatic carbocycles. The summed E-state index contributed by atoms with van der Waals surface area (Å²) < 4.78 is 24.1. The number of piperidine rings is 1. The maximum atomic E-state index is 11.9. The van der Waals surface area contributed by atoms with Gasteiger partial charge in [-0.1, -0.05) is 0 Å². The van der Waals surface area contributed by atoms with E-state index in [0.29, 0.717) is 25.9 Å². The van der Waals surface area contributed by atoms with Crippen molar-refractivity contribution >= 4 is 15.9 Å². The van der Waals surface area contributed by atoms with Crippen molar-refractivity contribution in [3.8, 4) is 0 Å². The number of sulfonamides is 1. The second-order valence-corrected chi connectivity index (χ2v) is 7.45. The summed E-state index contributed by atoms with van der Waals surface area (Å²) >= 11 is 0. The maximum absolute atomic E-state index is 11.9. The van der Waals surface area contributed by atoms with Crippen molar-refractivity contribution in [3.05, 3.63) is 0 Å². The predicted molar refractivity (Wildman–Crippen MR) is 68.4 cm³/mol. The highest BCUT2D eigenvalue weighted by Crippen LogP contribution is 2.20. The second kappa shape index (κ2) is 5.54. The van der Waals surface area contributed by atoms with E-state index in [0.717, 1.165) is 0 Å².